The first-order valence-corrected chi connectivity index (χ1v) is 16.5. The third-order valence-electron chi connectivity index (χ3n) is 7.77. The van der Waals surface area contributed by atoms with Gasteiger partial charge in [-0.3, -0.25) is 4.79 Å². The molecule has 0 saturated carbocycles. The molecular formula is C33H31BrN2O8S. The summed E-state index contributed by atoms with van der Waals surface area (Å²) in [6, 6.07) is 23.8. The maximum atomic E-state index is 14.2. The van der Waals surface area contributed by atoms with Crippen molar-refractivity contribution in [3.63, 3.8) is 0 Å². The number of aliphatic carboxylic acids is 1. The highest BCUT2D eigenvalue weighted by Crippen LogP contribution is 2.35. The summed E-state index contributed by atoms with van der Waals surface area (Å²) in [4.78, 5) is 13.1. The molecule has 2 aliphatic heterocycles. The number of nitrogens with zero attached hydrogens (tertiary/aromatic N) is 1. The van der Waals surface area contributed by atoms with Crippen LogP contribution in [0.25, 0.3) is 0 Å². The van der Waals surface area contributed by atoms with Crippen LogP contribution < -0.4 is 24.3 Å². The monoisotopic (exact) mass is 694 g/mol. The third-order valence-corrected chi connectivity index (χ3v) is 10.1. The van der Waals surface area contributed by atoms with Gasteiger partial charge < -0.3 is 29.4 Å². The largest absolute Gasteiger partial charge is 0.481 e. The Morgan fingerprint density at radius 2 is 1.42 bits per heavy atom. The summed E-state index contributed by atoms with van der Waals surface area (Å²) in [5.41, 5.74) is 3.09. The highest BCUT2D eigenvalue weighted by atomic mass is 79.9. The molecule has 234 valence electrons. The molecule has 2 aliphatic rings. The van der Waals surface area contributed by atoms with E-state index in [4.69, 9.17) is 18.9 Å². The van der Waals surface area contributed by atoms with E-state index in [1.165, 1.54) is 16.4 Å². The van der Waals surface area contributed by atoms with E-state index in [1.54, 1.807) is 30.3 Å². The van der Waals surface area contributed by atoms with E-state index in [2.05, 4.69) is 21.2 Å². The summed E-state index contributed by atoms with van der Waals surface area (Å²) < 4.78 is 52.2. The number of sulfonamides is 1. The molecule has 0 aromatic heterocycles. The predicted molar refractivity (Wildman–Crippen MR) is 169 cm³/mol. The van der Waals surface area contributed by atoms with Gasteiger partial charge in [0.1, 0.15) is 0 Å². The van der Waals surface area contributed by atoms with Crippen LogP contribution in [0.15, 0.2) is 94.3 Å². The van der Waals surface area contributed by atoms with E-state index in [0.29, 0.717) is 40.7 Å². The molecule has 6 rings (SSSR count). The maximum Gasteiger partial charge on any atom is 0.309 e. The maximum absolute atomic E-state index is 14.2. The van der Waals surface area contributed by atoms with Crippen LogP contribution in [0.5, 0.6) is 23.0 Å². The van der Waals surface area contributed by atoms with Crippen LogP contribution >= 0.6 is 15.9 Å². The Morgan fingerprint density at radius 1 is 0.844 bits per heavy atom. The first-order valence-electron chi connectivity index (χ1n) is 14.2. The fourth-order valence-corrected chi connectivity index (χ4v) is 7.05. The van der Waals surface area contributed by atoms with Crippen LogP contribution in [-0.2, 0) is 27.9 Å². The smallest absolute Gasteiger partial charge is 0.309 e. The molecule has 0 fully saturated rings. The van der Waals surface area contributed by atoms with Crippen LogP contribution in [0.3, 0.4) is 0 Å². The molecule has 0 amide bonds. The van der Waals surface area contributed by atoms with Gasteiger partial charge in [-0.25, -0.2) is 8.42 Å². The van der Waals surface area contributed by atoms with Crippen molar-refractivity contribution in [2.45, 2.75) is 31.0 Å². The van der Waals surface area contributed by atoms with E-state index in [9.17, 15) is 18.3 Å². The second-order valence-electron chi connectivity index (χ2n) is 10.8. The van der Waals surface area contributed by atoms with Gasteiger partial charge in [0, 0.05) is 30.1 Å². The summed E-state index contributed by atoms with van der Waals surface area (Å²) in [6.45, 7) is 2.00. The van der Waals surface area contributed by atoms with Gasteiger partial charge in [0.2, 0.25) is 23.6 Å². The number of carboxylic acids is 1. The number of nitrogens with one attached hydrogen (secondary N) is 1. The molecule has 0 saturated heterocycles. The summed E-state index contributed by atoms with van der Waals surface area (Å²) in [7, 11) is -4.12. The predicted octanol–water partition coefficient (Wildman–Crippen LogP) is 5.64. The van der Waals surface area contributed by atoms with Gasteiger partial charge in [-0.2, -0.15) is 4.31 Å². The molecule has 4 aromatic rings. The van der Waals surface area contributed by atoms with Crippen molar-refractivity contribution in [1.29, 1.82) is 0 Å². The quantitative estimate of drug-likeness (QED) is 0.194. The molecule has 2 unspecified atom stereocenters. The number of hydrogen-bond acceptors (Lipinski definition) is 8. The van der Waals surface area contributed by atoms with E-state index in [-0.39, 0.29) is 31.6 Å². The average molecular weight is 696 g/mol. The number of aryl methyl sites for hydroxylation is 1. The van der Waals surface area contributed by atoms with Crippen molar-refractivity contribution in [3.05, 3.63) is 112 Å². The van der Waals surface area contributed by atoms with E-state index in [1.807, 2.05) is 49.4 Å². The molecule has 2 N–H and O–H groups in total. The molecule has 2 atom stereocenters. The number of ether oxygens (including phenoxy) is 4. The number of benzene rings is 4. The first kappa shape index (κ1) is 30.9. The van der Waals surface area contributed by atoms with Gasteiger partial charge in [0.25, 0.3) is 0 Å². The Bertz CT molecular complexity index is 1800. The van der Waals surface area contributed by atoms with Crippen LogP contribution in [0.2, 0.25) is 0 Å². The molecule has 2 heterocycles. The molecule has 12 heteroatoms. The van der Waals surface area contributed by atoms with Crippen LogP contribution in [0.1, 0.15) is 28.3 Å². The lowest BCUT2D eigenvalue weighted by Crippen LogP contribution is -2.43. The second kappa shape index (κ2) is 13.1. The Labute approximate surface area is 269 Å². The van der Waals surface area contributed by atoms with Gasteiger partial charge in [-0.1, -0.05) is 57.9 Å². The summed E-state index contributed by atoms with van der Waals surface area (Å²) in [6.07, 6.45) is 0. The molecule has 0 aliphatic carbocycles. The minimum atomic E-state index is -4.12. The number of halogens is 1. The fraction of sp³-hybridized carbons (Fsp3) is 0.242. The van der Waals surface area contributed by atoms with Gasteiger partial charge in [0.15, 0.2) is 23.0 Å². The van der Waals surface area contributed by atoms with E-state index < -0.39 is 28.0 Å². The zero-order valence-electron chi connectivity index (χ0n) is 24.3. The van der Waals surface area contributed by atoms with Gasteiger partial charge in [-0.05, 0) is 72.1 Å². The van der Waals surface area contributed by atoms with Crippen molar-refractivity contribution in [2.24, 2.45) is 5.92 Å². The Kier molecular flexibility index (Phi) is 8.99. The Hall–Kier alpha value is -4.10. The van der Waals surface area contributed by atoms with Gasteiger partial charge in [-0.15, -0.1) is 0 Å². The van der Waals surface area contributed by atoms with Crippen molar-refractivity contribution in [1.82, 2.24) is 9.62 Å². The SMILES string of the molecule is Cc1ccc(S(=O)(=O)N(Cc2ccc3c(c2)OCO3)CC(C(=O)O)C(NCc2ccc3c(c2)OCO3)c2ccc(Br)cc2)cc1. The molecule has 4 aromatic carbocycles. The minimum absolute atomic E-state index is 0.0755. The highest BCUT2D eigenvalue weighted by molar-refractivity contribution is 9.10. The molecule has 45 heavy (non-hydrogen) atoms. The topological polar surface area (TPSA) is 124 Å². The lowest BCUT2D eigenvalue weighted by molar-refractivity contribution is -0.143. The first-order chi connectivity index (χ1) is 21.7. The summed E-state index contributed by atoms with van der Waals surface area (Å²) in [5, 5.41) is 14.1. The van der Waals surface area contributed by atoms with Crippen molar-refractivity contribution in [2.75, 3.05) is 20.1 Å². The number of hydrogen-bond donors (Lipinski definition) is 2. The third kappa shape index (κ3) is 6.94. The minimum Gasteiger partial charge on any atom is -0.481 e. The Morgan fingerprint density at radius 3 is 2.04 bits per heavy atom. The van der Waals surface area contributed by atoms with Crippen LogP contribution in [0.4, 0.5) is 0 Å². The standard InChI is InChI=1S/C33H31BrN2O8S/c1-21-2-10-26(11-3-21)45(39,40)36(17-23-5-13-29-31(15-23)44-20-42-29)18-27(33(37)38)32(24-6-8-25(34)9-7-24)35-16-22-4-12-28-30(14-22)43-19-41-28/h2-15,27,32,35H,16-20H2,1H3,(H,37,38). The zero-order valence-corrected chi connectivity index (χ0v) is 26.7. The molecule has 10 nitrogen and oxygen atoms in total. The average Bonchev–Trinajstić information content (AvgIpc) is 3.70. The summed E-state index contributed by atoms with van der Waals surface area (Å²) >= 11 is 3.45. The highest BCUT2D eigenvalue weighted by Gasteiger charge is 2.36. The number of fused-ring (bicyclic) bond motifs is 2. The van der Waals surface area contributed by atoms with E-state index in [0.717, 1.165) is 15.6 Å². The fourth-order valence-electron chi connectivity index (χ4n) is 5.34. The van der Waals surface area contributed by atoms with Crippen LogP contribution in [0, 0.1) is 12.8 Å². The Balaban J connectivity index is 1.35. The zero-order chi connectivity index (χ0) is 31.6. The molecule has 0 bridgehead atoms. The normalized spacial score (nSPS) is 14.8. The van der Waals surface area contributed by atoms with Crippen molar-refractivity contribution >= 4 is 31.9 Å². The lowest BCUT2D eigenvalue weighted by atomic mass is 9.92. The van der Waals surface area contributed by atoms with E-state index >= 15 is 0 Å². The van der Waals surface area contributed by atoms with Gasteiger partial charge >= 0.3 is 5.97 Å². The lowest BCUT2D eigenvalue weighted by Gasteiger charge is -2.31. The number of rotatable bonds is 12. The van der Waals surface area contributed by atoms with Crippen LogP contribution in [-0.4, -0.2) is 43.9 Å². The van der Waals surface area contributed by atoms with Crippen molar-refractivity contribution < 1.29 is 37.3 Å². The summed E-state index contributed by atoms with van der Waals surface area (Å²) in [5.74, 6) is 0.0204. The van der Waals surface area contributed by atoms with Gasteiger partial charge in [0.05, 0.1) is 10.8 Å². The molecular weight excluding hydrogens is 664 g/mol. The number of carboxylic acid groups (broad SMARTS) is 1. The van der Waals surface area contributed by atoms with Crippen molar-refractivity contribution in [3.8, 4) is 23.0 Å². The second-order valence-corrected chi connectivity index (χ2v) is 13.7. The number of carbonyl (C=O) groups is 1. The molecule has 0 radical (unpaired) electrons. The molecule has 0 spiro atoms.